The Kier molecular flexibility index (Phi) is 22.2. The fourth-order valence-corrected chi connectivity index (χ4v) is 5.49. The van der Waals surface area contributed by atoms with Crippen LogP contribution in [0, 0.1) is 0 Å². The summed E-state index contributed by atoms with van der Waals surface area (Å²) in [5.41, 5.74) is -0.142. The number of esters is 5. The van der Waals surface area contributed by atoms with Gasteiger partial charge in [-0.25, -0.2) is 24.0 Å². The number of rotatable bonds is 29. The fraction of sp³-hybridized carbons (Fsp3) is 0.413. The lowest BCUT2D eigenvalue weighted by molar-refractivity contribution is -0.138. The highest BCUT2D eigenvalue weighted by molar-refractivity contribution is 6.06. The normalized spacial score (nSPS) is 10.5. The summed E-state index contributed by atoms with van der Waals surface area (Å²) >= 11 is 0. The summed E-state index contributed by atoms with van der Waals surface area (Å²) in [4.78, 5) is 61.5. The van der Waals surface area contributed by atoms with Crippen LogP contribution in [0.5, 0.6) is 23.0 Å². The van der Waals surface area contributed by atoms with Crippen molar-refractivity contribution in [3.05, 3.63) is 109 Å². The highest BCUT2D eigenvalue weighted by Gasteiger charge is 2.23. The molecule has 3 aromatic carbocycles. The average Bonchev–Trinajstić information content (AvgIpc) is 3.24. The van der Waals surface area contributed by atoms with Gasteiger partial charge in [0.1, 0.15) is 23.0 Å². The second kappa shape index (κ2) is 27.6. The third-order valence-corrected chi connectivity index (χ3v) is 8.64. The van der Waals surface area contributed by atoms with Crippen LogP contribution in [-0.4, -0.2) is 62.9 Å². The van der Waals surface area contributed by atoms with Crippen molar-refractivity contribution in [2.24, 2.45) is 0 Å². The van der Waals surface area contributed by atoms with E-state index in [1.165, 1.54) is 18.2 Å². The van der Waals surface area contributed by atoms with Gasteiger partial charge in [0.15, 0.2) is 0 Å². The first-order valence-electron chi connectivity index (χ1n) is 20.0. The van der Waals surface area contributed by atoms with E-state index in [9.17, 15) is 24.0 Å². The van der Waals surface area contributed by atoms with Crippen LogP contribution in [0.15, 0.2) is 92.0 Å². The molecule has 0 fully saturated rings. The van der Waals surface area contributed by atoms with Crippen molar-refractivity contribution >= 4 is 29.8 Å². The summed E-state index contributed by atoms with van der Waals surface area (Å²) in [7, 11) is 0. The minimum Gasteiger partial charge on any atom is -0.494 e. The number of carbonyl (C=O) groups is 5. The fourth-order valence-electron chi connectivity index (χ4n) is 5.49. The third-order valence-electron chi connectivity index (χ3n) is 8.64. The molecule has 3 rings (SSSR count). The smallest absolute Gasteiger partial charge is 0.344 e. The molecule has 0 aliphatic rings. The van der Waals surface area contributed by atoms with E-state index >= 15 is 0 Å². The van der Waals surface area contributed by atoms with E-state index in [4.69, 9.17) is 33.2 Å². The lowest BCUT2D eigenvalue weighted by atomic mass is 10.0. The van der Waals surface area contributed by atoms with E-state index in [2.05, 4.69) is 13.2 Å². The number of benzene rings is 3. The van der Waals surface area contributed by atoms with E-state index in [0.717, 1.165) is 89.2 Å². The lowest BCUT2D eigenvalue weighted by Gasteiger charge is -2.12. The van der Waals surface area contributed by atoms with Crippen LogP contribution < -0.4 is 18.9 Å². The molecule has 3 aromatic rings. The third kappa shape index (κ3) is 18.4. The minimum atomic E-state index is -0.796. The molecule has 0 spiro atoms. The molecule has 0 radical (unpaired) electrons. The van der Waals surface area contributed by atoms with Crippen molar-refractivity contribution < 1.29 is 57.1 Å². The Hall–Kier alpha value is -5.91. The van der Waals surface area contributed by atoms with Crippen LogP contribution >= 0.6 is 0 Å². The van der Waals surface area contributed by atoms with E-state index in [1.54, 1.807) is 48.5 Å². The van der Waals surface area contributed by atoms with Gasteiger partial charge in [0, 0.05) is 12.2 Å². The number of carbonyl (C=O) groups excluding carboxylic acids is 5. The molecule has 312 valence electrons. The average molecular weight is 801 g/mol. The highest BCUT2D eigenvalue weighted by Crippen LogP contribution is 2.23. The van der Waals surface area contributed by atoms with Crippen LogP contribution in [0.2, 0.25) is 0 Å². The van der Waals surface area contributed by atoms with E-state index in [0.29, 0.717) is 44.3 Å². The standard InChI is InChI=1S/C46H56O12/c1-4-29-56-45(50)41-34-35(44(49)57-38-24-20-36(21-25-38)52-30-15-11-7-9-13-17-32-54-42(47)5-2)19-28-40(41)46(51)58-39-26-22-37(23-27-39)53-31-16-12-8-10-14-18-33-55-43(48)6-3/h5-6,19-28,34H,2-4,7-18,29-33H2,1H3. The van der Waals surface area contributed by atoms with E-state index < -0.39 is 29.8 Å². The zero-order valence-corrected chi connectivity index (χ0v) is 33.5. The predicted molar refractivity (Wildman–Crippen MR) is 219 cm³/mol. The van der Waals surface area contributed by atoms with Gasteiger partial charge in [-0.15, -0.1) is 0 Å². The minimum absolute atomic E-state index is 0.0474. The zero-order chi connectivity index (χ0) is 41.8. The van der Waals surface area contributed by atoms with E-state index in [1.807, 2.05) is 6.92 Å². The molecule has 0 saturated carbocycles. The molecule has 0 unspecified atom stereocenters. The summed E-state index contributed by atoms with van der Waals surface area (Å²) in [5, 5.41) is 0. The lowest BCUT2D eigenvalue weighted by Crippen LogP contribution is -2.18. The molecule has 12 heteroatoms. The molecular weight excluding hydrogens is 744 g/mol. The summed E-state index contributed by atoms with van der Waals surface area (Å²) in [6, 6.07) is 17.2. The molecule has 0 aliphatic heterocycles. The first kappa shape index (κ1) is 46.5. The van der Waals surface area contributed by atoms with Gasteiger partial charge in [0.2, 0.25) is 0 Å². The molecule has 0 amide bonds. The van der Waals surface area contributed by atoms with Crippen LogP contribution in [0.1, 0.15) is 121 Å². The van der Waals surface area contributed by atoms with Crippen molar-refractivity contribution in [3.8, 4) is 23.0 Å². The maximum atomic E-state index is 13.3. The number of hydrogen-bond donors (Lipinski definition) is 0. The Morgan fingerprint density at radius 3 is 1.31 bits per heavy atom. The monoisotopic (exact) mass is 800 g/mol. The Morgan fingerprint density at radius 2 is 0.862 bits per heavy atom. The summed E-state index contributed by atoms with van der Waals surface area (Å²) in [6.45, 7) is 10.6. The van der Waals surface area contributed by atoms with Gasteiger partial charge >= 0.3 is 29.8 Å². The Morgan fingerprint density at radius 1 is 0.448 bits per heavy atom. The molecule has 58 heavy (non-hydrogen) atoms. The molecule has 0 saturated heterocycles. The van der Waals surface area contributed by atoms with Gasteiger partial charge in [-0.05, 0) is 98.8 Å². The second-order valence-corrected chi connectivity index (χ2v) is 13.3. The number of hydrogen-bond acceptors (Lipinski definition) is 12. The van der Waals surface area contributed by atoms with Crippen molar-refractivity contribution in [2.75, 3.05) is 33.0 Å². The van der Waals surface area contributed by atoms with Gasteiger partial charge < -0.3 is 33.2 Å². The Balaban J connectivity index is 1.44. The summed E-state index contributed by atoms with van der Waals surface area (Å²) in [5.74, 6) is -1.29. The van der Waals surface area contributed by atoms with Crippen molar-refractivity contribution in [1.29, 1.82) is 0 Å². The maximum absolute atomic E-state index is 13.3. The first-order chi connectivity index (χ1) is 28.2. The van der Waals surface area contributed by atoms with Crippen molar-refractivity contribution in [1.82, 2.24) is 0 Å². The highest BCUT2D eigenvalue weighted by atomic mass is 16.6. The largest absolute Gasteiger partial charge is 0.494 e. The number of unbranched alkanes of at least 4 members (excludes halogenated alkanes) is 10. The summed E-state index contributed by atoms with van der Waals surface area (Å²) in [6.07, 6.45) is 14.5. The molecular formula is C46H56O12. The van der Waals surface area contributed by atoms with Crippen LogP contribution in [-0.2, 0) is 23.8 Å². The predicted octanol–water partition coefficient (Wildman–Crippen LogP) is 9.59. The Bertz CT molecular complexity index is 1750. The van der Waals surface area contributed by atoms with Crippen LogP contribution in [0.3, 0.4) is 0 Å². The van der Waals surface area contributed by atoms with E-state index in [-0.39, 0.29) is 34.8 Å². The van der Waals surface area contributed by atoms with Gasteiger partial charge in [-0.2, -0.15) is 0 Å². The topological polar surface area (TPSA) is 150 Å². The molecule has 0 aliphatic carbocycles. The molecule has 0 N–H and O–H groups in total. The van der Waals surface area contributed by atoms with Gasteiger partial charge in [0.05, 0.1) is 49.7 Å². The number of ether oxygens (including phenoxy) is 7. The molecule has 0 bridgehead atoms. The maximum Gasteiger partial charge on any atom is 0.344 e. The van der Waals surface area contributed by atoms with Gasteiger partial charge in [0.25, 0.3) is 0 Å². The SMILES string of the molecule is C=CC(=O)OCCCCCCCCOc1ccc(OC(=O)c2ccc(C(=O)Oc3ccc(OCCCCCCCCOC(=O)C=C)cc3)c(C(=O)OCCC)c2)cc1. The van der Waals surface area contributed by atoms with Crippen LogP contribution in [0.4, 0.5) is 0 Å². The van der Waals surface area contributed by atoms with Gasteiger partial charge in [-0.1, -0.05) is 71.4 Å². The summed E-state index contributed by atoms with van der Waals surface area (Å²) < 4.78 is 38.0. The van der Waals surface area contributed by atoms with Gasteiger partial charge in [-0.3, -0.25) is 0 Å². The Labute approximate surface area is 341 Å². The molecule has 12 nitrogen and oxygen atoms in total. The molecule has 0 heterocycles. The first-order valence-corrected chi connectivity index (χ1v) is 20.0. The molecule has 0 atom stereocenters. The zero-order valence-electron chi connectivity index (χ0n) is 33.5. The quantitative estimate of drug-likeness (QED) is 0.0216. The molecule has 0 aromatic heterocycles. The van der Waals surface area contributed by atoms with Crippen molar-refractivity contribution in [3.63, 3.8) is 0 Å². The second-order valence-electron chi connectivity index (χ2n) is 13.3. The van der Waals surface area contributed by atoms with Crippen molar-refractivity contribution in [2.45, 2.75) is 90.4 Å². The van der Waals surface area contributed by atoms with Crippen LogP contribution in [0.25, 0.3) is 0 Å².